The van der Waals surface area contributed by atoms with Crippen LogP contribution in [0.15, 0.2) is 28.7 Å². The highest BCUT2D eigenvalue weighted by atomic mass is 79.9. The molecule has 0 saturated carbocycles. The van der Waals surface area contributed by atoms with E-state index in [1.165, 1.54) is 19.3 Å². The molecule has 1 N–H and O–H groups in total. The molecule has 1 aromatic rings. The molecule has 2 atom stereocenters. The third-order valence-electron chi connectivity index (χ3n) is 3.12. The number of benzene rings is 1. The van der Waals surface area contributed by atoms with Crippen LogP contribution in [0.1, 0.15) is 31.7 Å². The molecule has 1 saturated heterocycles. The lowest BCUT2D eigenvalue weighted by molar-refractivity contribution is 0.375. The highest BCUT2D eigenvalue weighted by Gasteiger charge is 2.14. The second kappa shape index (κ2) is 6.03. The maximum atomic E-state index is 6.17. The molecule has 1 nitrogen and oxygen atoms in total. The van der Waals surface area contributed by atoms with Gasteiger partial charge < -0.3 is 5.32 Å². The first-order valence-corrected chi connectivity index (χ1v) is 7.21. The van der Waals surface area contributed by atoms with Gasteiger partial charge in [0.1, 0.15) is 0 Å². The zero-order valence-electron chi connectivity index (χ0n) is 9.92. The Morgan fingerprint density at radius 2 is 2.24 bits per heavy atom. The van der Waals surface area contributed by atoms with Gasteiger partial charge in [-0.05, 0) is 37.5 Å². The Kier molecular flexibility index (Phi) is 4.66. The van der Waals surface area contributed by atoms with E-state index in [9.17, 15) is 0 Å². The van der Waals surface area contributed by atoms with E-state index in [2.05, 4.69) is 40.3 Å². The summed E-state index contributed by atoms with van der Waals surface area (Å²) in [4.78, 5) is 0. The van der Waals surface area contributed by atoms with E-state index < -0.39 is 0 Å². The van der Waals surface area contributed by atoms with Crippen LogP contribution in [0.3, 0.4) is 0 Å². The SMILES string of the molecule is CC1CCCC(/C=C/c2ccc(Br)cc2Cl)N1. The van der Waals surface area contributed by atoms with Crippen LogP contribution in [0.4, 0.5) is 0 Å². The van der Waals surface area contributed by atoms with Crippen molar-refractivity contribution in [3.63, 3.8) is 0 Å². The Bertz CT molecular complexity index is 417. The first kappa shape index (κ1) is 13.1. The van der Waals surface area contributed by atoms with Gasteiger partial charge in [0, 0.05) is 21.6 Å². The summed E-state index contributed by atoms with van der Waals surface area (Å²) in [5.74, 6) is 0. The molecule has 0 aliphatic carbocycles. The maximum Gasteiger partial charge on any atom is 0.0489 e. The van der Waals surface area contributed by atoms with Crippen molar-refractivity contribution >= 4 is 33.6 Å². The fourth-order valence-corrected chi connectivity index (χ4v) is 2.92. The van der Waals surface area contributed by atoms with Crippen LogP contribution in [0.5, 0.6) is 0 Å². The molecule has 0 aromatic heterocycles. The first-order valence-electron chi connectivity index (χ1n) is 6.04. The second-order valence-electron chi connectivity index (χ2n) is 4.63. The molecule has 1 aliphatic heterocycles. The number of nitrogens with one attached hydrogen (secondary N) is 1. The van der Waals surface area contributed by atoms with Gasteiger partial charge in [0.15, 0.2) is 0 Å². The minimum Gasteiger partial charge on any atom is -0.308 e. The van der Waals surface area contributed by atoms with Gasteiger partial charge in [0.05, 0.1) is 0 Å². The van der Waals surface area contributed by atoms with Gasteiger partial charge in [-0.15, -0.1) is 0 Å². The molecular weight excluding hydrogens is 298 g/mol. The van der Waals surface area contributed by atoms with Crippen molar-refractivity contribution in [1.82, 2.24) is 5.32 Å². The zero-order chi connectivity index (χ0) is 12.3. The van der Waals surface area contributed by atoms with Gasteiger partial charge in [-0.2, -0.15) is 0 Å². The van der Waals surface area contributed by atoms with Crippen molar-refractivity contribution < 1.29 is 0 Å². The van der Waals surface area contributed by atoms with E-state index >= 15 is 0 Å². The predicted molar refractivity (Wildman–Crippen MR) is 78.4 cm³/mol. The van der Waals surface area contributed by atoms with Crippen LogP contribution in [0.2, 0.25) is 5.02 Å². The molecule has 1 fully saturated rings. The summed E-state index contributed by atoms with van der Waals surface area (Å²) >= 11 is 9.59. The molecule has 17 heavy (non-hydrogen) atoms. The molecular formula is C14H17BrClN. The molecule has 1 heterocycles. The van der Waals surface area contributed by atoms with Crippen LogP contribution in [0, 0.1) is 0 Å². The van der Waals surface area contributed by atoms with Crippen LogP contribution in [-0.4, -0.2) is 12.1 Å². The molecule has 0 spiro atoms. The number of piperidine rings is 1. The monoisotopic (exact) mass is 313 g/mol. The fraction of sp³-hybridized carbons (Fsp3) is 0.429. The van der Waals surface area contributed by atoms with Gasteiger partial charge in [-0.25, -0.2) is 0 Å². The summed E-state index contributed by atoms with van der Waals surface area (Å²) in [6.07, 6.45) is 8.14. The van der Waals surface area contributed by atoms with Gasteiger partial charge in [-0.1, -0.05) is 52.2 Å². The lowest BCUT2D eigenvalue weighted by atomic mass is 9.99. The predicted octanol–water partition coefficient (Wildman–Crippen LogP) is 4.65. The van der Waals surface area contributed by atoms with Gasteiger partial charge in [-0.3, -0.25) is 0 Å². The van der Waals surface area contributed by atoms with E-state index in [0.717, 1.165) is 15.1 Å². The summed E-state index contributed by atoms with van der Waals surface area (Å²) in [6, 6.07) is 7.09. The van der Waals surface area contributed by atoms with Crippen LogP contribution < -0.4 is 5.32 Å². The van der Waals surface area contributed by atoms with Crippen molar-refractivity contribution in [2.24, 2.45) is 0 Å². The standard InChI is InChI=1S/C14H17BrClN/c1-10-3-2-4-13(17-10)8-6-11-5-7-12(15)9-14(11)16/h5-10,13,17H,2-4H2,1H3/b8-6+. The number of hydrogen-bond acceptors (Lipinski definition) is 1. The quantitative estimate of drug-likeness (QED) is 0.838. The summed E-state index contributed by atoms with van der Waals surface area (Å²) in [5, 5.41) is 4.37. The van der Waals surface area contributed by atoms with Crippen molar-refractivity contribution in [3.05, 3.63) is 39.3 Å². The molecule has 0 bridgehead atoms. The highest BCUT2D eigenvalue weighted by Crippen LogP contribution is 2.23. The number of halogens is 2. The Morgan fingerprint density at radius 3 is 2.94 bits per heavy atom. The number of hydrogen-bond donors (Lipinski definition) is 1. The average molecular weight is 315 g/mol. The van der Waals surface area contributed by atoms with Crippen molar-refractivity contribution in [2.75, 3.05) is 0 Å². The maximum absolute atomic E-state index is 6.17. The first-order chi connectivity index (χ1) is 8.15. The lowest BCUT2D eigenvalue weighted by Gasteiger charge is -2.26. The Balaban J connectivity index is 2.04. The molecule has 2 rings (SSSR count). The fourth-order valence-electron chi connectivity index (χ4n) is 2.18. The van der Waals surface area contributed by atoms with Crippen molar-refractivity contribution in [3.8, 4) is 0 Å². The number of rotatable bonds is 2. The topological polar surface area (TPSA) is 12.0 Å². The molecule has 1 aliphatic rings. The van der Waals surface area contributed by atoms with Crippen molar-refractivity contribution in [1.29, 1.82) is 0 Å². The van der Waals surface area contributed by atoms with E-state index in [-0.39, 0.29) is 0 Å². The minimum absolute atomic E-state index is 0.485. The zero-order valence-corrected chi connectivity index (χ0v) is 12.3. The van der Waals surface area contributed by atoms with Crippen LogP contribution >= 0.6 is 27.5 Å². The lowest BCUT2D eigenvalue weighted by Crippen LogP contribution is -2.39. The molecule has 2 unspecified atom stereocenters. The van der Waals surface area contributed by atoms with Crippen LogP contribution in [-0.2, 0) is 0 Å². The summed E-state index contributed by atoms with van der Waals surface area (Å²) < 4.78 is 1.02. The van der Waals surface area contributed by atoms with Gasteiger partial charge in [0.25, 0.3) is 0 Å². The summed E-state index contributed by atoms with van der Waals surface area (Å²) in [5.41, 5.74) is 1.08. The normalized spacial score (nSPS) is 25.4. The summed E-state index contributed by atoms with van der Waals surface area (Å²) in [6.45, 7) is 2.24. The molecule has 1 aromatic carbocycles. The third kappa shape index (κ3) is 3.84. The van der Waals surface area contributed by atoms with Gasteiger partial charge in [0.2, 0.25) is 0 Å². The molecule has 0 radical (unpaired) electrons. The Labute approximate surface area is 116 Å². The van der Waals surface area contributed by atoms with E-state index in [4.69, 9.17) is 11.6 Å². The Morgan fingerprint density at radius 1 is 1.41 bits per heavy atom. The van der Waals surface area contributed by atoms with E-state index in [1.807, 2.05) is 18.2 Å². The molecule has 92 valence electrons. The Hall–Kier alpha value is -0.310. The average Bonchev–Trinajstić information content (AvgIpc) is 2.28. The van der Waals surface area contributed by atoms with Crippen LogP contribution in [0.25, 0.3) is 6.08 Å². The van der Waals surface area contributed by atoms with Crippen molar-refractivity contribution in [2.45, 2.75) is 38.3 Å². The molecule has 3 heteroatoms. The third-order valence-corrected chi connectivity index (χ3v) is 3.94. The molecule has 0 amide bonds. The van der Waals surface area contributed by atoms with E-state index in [1.54, 1.807) is 0 Å². The summed E-state index contributed by atoms with van der Waals surface area (Å²) in [7, 11) is 0. The van der Waals surface area contributed by atoms with Gasteiger partial charge >= 0.3 is 0 Å². The second-order valence-corrected chi connectivity index (χ2v) is 5.95. The highest BCUT2D eigenvalue weighted by molar-refractivity contribution is 9.10. The smallest absolute Gasteiger partial charge is 0.0489 e. The van der Waals surface area contributed by atoms with E-state index in [0.29, 0.717) is 12.1 Å². The largest absolute Gasteiger partial charge is 0.308 e. The minimum atomic E-state index is 0.485.